The molecule has 0 bridgehead atoms. The molecule has 7 nitrogen and oxygen atoms in total. The lowest BCUT2D eigenvalue weighted by Gasteiger charge is -2.11. The number of rotatable bonds is 17. The van der Waals surface area contributed by atoms with Crippen molar-refractivity contribution in [1.29, 1.82) is 0 Å². The Labute approximate surface area is 206 Å². The van der Waals surface area contributed by atoms with Crippen molar-refractivity contribution in [1.82, 2.24) is 0 Å². The van der Waals surface area contributed by atoms with E-state index < -0.39 is 15.6 Å². The minimum absolute atomic E-state index is 0.267. The zero-order valence-corrected chi connectivity index (χ0v) is 23.4. The molecule has 0 heterocycles. The largest absolute Gasteiger partial charge is 0.481 e. The van der Waals surface area contributed by atoms with Crippen LogP contribution in [0.2, 0.25) is 0 Å². The number of phosphoric acid groups is 2. The smallest absolute Gasteiger partial charge is 0.302 e. The molecule has 1 atom stereocenters. The Morgan fingerprint density at radius 3 is 1.32 bits per heavy atom. The molecule has 0 saturated heterocycles. The van der Waals surface area contributed by atoms with Gasteiger partial charge in [-0.3, -0.25) is 4.52 Å². The topological polar surface area (TPSA) is 113 Å². The van der Waals surface area contributed by atoms with Gasteiger partial charge in [0.2, 0.25) is 0 Å². The molecule has 1 unspecified atom stereocenters. The second-order valence-corrected chi connectivity index (χ2v) is 11.8. The van der Waals surface area contributed by atoms with Gasteiger partial charge in [0, 0.05) is 0 Å². The van der Waals surface area contributed by atoms with Gasteiger partial charge in [-0.05, 0) is 92.9 Å². The van der Waals surface area contributed by atoms with Gasteiger partial charge in [0.1, 0.15) is 0 Å². The van der Waals surface area contributed by atoms with Gasteiger partial charge in [-0.1, -0.05) is 58.2 Å². The predicted molar refractivity (Wildman–Crippen MR) is 140 cm³/mol. The molecule has 0 fully saturated rings. The first-order valence-electron chi connectivity index (χ1n) is 11.7. The lowest BCUT2D eigenvalue weighted by molar-refractivity contribution is 0.191. The van der Waals surface area contributed by atoms with Crippen molar-refractivity contribution in [3.8, 4) is 0 Å². The first-order chi connectivity index (χ1) is 15.7. The highest BCUT2D eigenvalue weighted by Gasteiger charge is 2.31. The average molecular weight is 519 g/mol. The molecule has 0 aromatic heterocycles. The Kier molecular flexibility index (Phi) is 16.9. The van der Waals surface area contributed by atoms with Gasteiger partial charge in [-0.25, -0.2) is 9.13 Å². The highest BCUT2D eigenvalue weighted by Crippen LogP contribution is 2.57. The summed E-state index contributed by atoms with van der Waals surface area (Å²) in [5.74, 6) is 0. The first-order valence-corrected chi connectivity index (χ1v) is 14.7. The highest BCUT2D eigenvalue weighted by molar-refractivity contribution is 7.60. The van der Waals surface area contributed by atoms with Crippen molar-refractivity contribution in [2.75, 3.05) is 6.61 Å². The van der Waals surface area contributed by atoms with E-state index in [4.69, 9.17) is 9.79 Å². The van der Waals surface area contributed by atoms with Crippen LogP contribution >= 0.6 is 15.6 Å². The summed E-state index contributed by atoms with van der Waals surface area (Å²) < 4.78 is 30.3. The van der Waals surface area contributed by atoms with Crippen LogP contribution in [0.1, 0.15) is 92.9 Å². The van der Waals surface area contributed by atoms with Gasteiger partial charge >= 0.3 is 15.6 Å². The predicted octanol–water partition coefficient (Wildman–Crippen LogP) is 8.08. The van der Waals surface area contributed by atoms with Crippen LogP contribution in [0.4, 0.5) is 0 Å². The molecule has 0 rings (SSSR count). The third-order valence-electron chi connectivity index (χ3n) is 5.06. The van der Waals surface area contributed by atoms with Crippen molar-refractivity contribution >= 4 is 15.6 Å². The summed E-state index contributed by atoms with van der Waals surface area (Å²) in [5, 5.41) is 0. The zero-order chi connectivity index (χ0) is 26.2. The van der Waals surface area contributed by atoms with Crippen LogP contribution in [-0.4, -0.2) is 21.3 Å². The summed E-state index contributed by atoms with van der Waals surface area (Å²) in [7, 11) is -9.87. The molecule has 0 aromatic rings. The number of hydrogen-bond donors (Lipinski definition) is 3. The van der Waals surface area contributed by atoms with Crippen LogP contribution in [-0.2, 0) is 18.0 Å². The fourth-order valence-electron chi connectivity index (χ4n) is 3.07. The minimum Gasteiger partial charge on any atom is -0.302 e. The van der Waals surface area contributed by atoms with Crippen molar-refractivity contribution in [3.63, 3.8) is 0 Å². The van der Waals surface area contributed by atoms with E-state index in [2.05, 4.69) is 67.8 Å². The number of allylic oxidation sites excluding steroid dienone is 9. The lowest BCUT2D eigenvalue weighted by Crippen LogP contribution is -1.94. The molecule has 0 spiro atoms. The average Bonchev–Trinajstić information content (AvgIpc) is 2.65. The van der Waals surface area contributed by atoms with E-state index in [1.165, 1.54) is 22.3 Å². The summed E-state index contributed by atoms with van der Waals surface area (Å²) in [5.41, 5.74) is 6.52. The monoisotopic (exact) mass is 518 g/mol. The van der Waals surface area contributed by atoms with Gasteiger partial charge in [0.25, 0.3) is 0 Å². The zero-order valence-electron chi connectivity index (χ0n) is 21.6. The molecule has 0 aliphatic heterocycles. The van der Waals surface area contributed by atoms with Crippen molar-refractivity contribution in [2.24, 2.45) is 0 Å². The SMILES string of the molecule is CC(C)=CCCC(C)=CCCC(C)=CCC/C(C)=C/CC/C(C)=C/COP(=O)(O)OP(=O)(O)O. The molecular weight excluding hydrogens is 474 g/mol. The molecule has 0 radical (unpaired) electrons. The Morgan fingerprint density at radius 2 is 0.971 bits per heavy atom. The summed E-state index contributed by atoms with van der Waals surface area (Å²) in [6.45, 7) is 12.4. The summed E-state index contributed by atoms with van der Waals surface area (Å²) >= 11 is 0. The molecule has 34 heavy (non-hydrogen) atoms. The Hall–Kier alpha value is -1.04. The number of phosphoric ester groups is 1. The molecule has 9 heteroatoms. The van der Waals surface area contributed by atoms with Crippen LogP contribution in [0, 0.1) is 0 Å². The Bertz CT molecular complexity index is 856. The van der Waals surface area contributed by atoms with Crippen molar-refractivity contribution < 1.29 is 32.6 Å². The molecule has 0 amide bonds. The second-order valence-electron chi connectivity index (χ2n) is 8.97. The Morgan fingerprint density at radius 1 is 0.618 bits per heavy atom. The molecule has 0 aliphatic rings. The van der Waals surface area contributed by atoms with E-state index in [0.29, 0.717) is 0 Å². The highest BCUT2D eigenvalue weighted by atomic mass is 31.3. The van der Waals surface area contributed by atoms with E-state index in [1.807, 2.05) is 6.92 Å². The van der Waals surface area contributed by atoms with Gasteiger partial charge in [0.15, 0.2) is 0 Å². The van der Waals surface area contributed by atoms with Crippen LogP contribution < -0.4 is 0 Å². The summed E-state index contributed by atoms with van der Waals surface area (Å²) in [4.78, 5) is 26.4. The molecule has 196 valence electrons. The van der Waals surface area contributed by atoms with Gasteiger partial charge in [-0.2, -0.15) is 4.31 Å². The van der Waals surface area contributed by atoms with E-state index in [0.717, 1.165) is 56.9 Å². The van der Waals surface area contributed by atoms with E-state index in [1.54, 1.807) is 6.08 Å². The van der Waals surface area contributed by atoms with Gasteiger partial charge in [-0.15, -0.1) is 0 Å². The Balaban J connectivity index is 4.22. The van der Waals surface area contributed by atoms with Gasteiger partial charge in [0.05, 0.1) is 6.61 Å². The third-order valence-corrected chi connectivity index (χ3v) is 7.22. The molecule has 0 saturated carbocycles. The third kappa shape index (κ3) is 21.5. The van der Waals surface area contributed by atoms with E-state index >= 15 is 0 Å². The normalized spacial score (nSPS) is 15.9. The quantitative estimate of drug-likeness (QED) is 0.132. The standard InChI is InChI=1S/C25H44O7P2/c1-21(2)11-7-12-22(3)13-8-14-23(4)15-9-16-24(5)17-10-18-25(6)19-20-31-34(29,30)32-33(26,27)28/h11,13,15,17,19H,7-10,12,14,16,18,20H2,1-6H3,(H,29,30)(H2,26,27,28)/b22-13?,23-15?,24-17+,25-19+. The molecular formula is C25H44O7P2. The van der Waals surface area contributed by atoms with Gasteiger partial charge < -0.3 is 14.7 Å². The molecule has 3 N–H and O–H groups in total. The van der Waals surface area contributed by atoms with E-state index in [9.17, 15) is 14.0 Å². The minimum atomic E-state index is -5.09. The van der Waals surface area contributed by atoms with Crippen molar-refractivity contribution in [2.45, 2.75) is 92.9 Å². The number of hydrogen-bond acceptors (Lipinski definition) is 4. The maximum Gasteiger partial charge on any atom is 0.481 e. The van der Waals surface area contributed by atoms with Crippen LogP contribution in [0.15, 0.2) is 58.2 Å². The first kappa shape index (κ1) is 33.0. The van der Waals surface area contributed by atoms with Crippen LogP contribution in [0.5, 0.6) is 0 Å². The molecule has 0 aromatic carbocycles. The summed E-state index contributed by atoms with van der Waals surface area (Å²) in [6, 6.07) is 0. The lowest BCUT2D eigenvalue weighted by atomic mass is 10.0. The molecule has 0 aliphatic carbocycles. The maximum absolute atomic E-state index is 11.4. The van der Waals surface area contributed by atoms with E-state index in [-0.39, 0.29) is 6.61 Å². The maximum atomic E-state index is 11.4. The fraction of sp³-hybridized carbons (Fsp3) is 0.600. The fourth-order valence-corrected chi connectivity index (χ4v) is 4.59. The van der Waals surface area contributed by atoms with Crippen LogP contribution in [0.25, 0.3) is 0 Å². The van der Waals surface area contributed by atoms with Crippen LogP contribution in [0.3, 0.4) is 0 Å². The van der Waals surface area contributed by atoms with Crippen molar-refractivity contribution in [3.05, 3.63) is 58.2 Å². The second kappa shape index (κ2) is 17.4. The summed E-state index contributed by atoms with van der Waals surface area (Å²) in [6.07, 6.45) is 18.8.